The minimum Gasteiger partial charge on any atom is -0.398 e. The van der Waals surface area contributed by atoms with Crippen molar-refractivity contribution in [2.45, 2.75) is 32.8 Å². The monoisotopic (exact) mass is 193 g/mol. The molecule has 0 atom stereocenters. The number of para-hydroxylation sites is 1. The number of anilines is 1. The molecule has 0 unspecified atom stereocenters. The Kier molecular flexibility index (Phi) is 5.08. The minimum absolute atomic E-state index is 0.635. The molecule has 2 N–H and O–H groups in total. The number of nitrogens with two attached hydrogens (primary N) is 1. The Hall–Kier alpha value is -1.02. The molecule has 0 aliphatic carbocycles. The summed E-state index contributed by atoms with van der Waals surface area (Å²) in [6.45, 7) is 3.66. The zero-order valence-corrected chi connectivity index (χ0v) is 8.83. The summed E-state index contributed by atoms with van der Waals surface area (Å²) in [5, 5.41) is 0. The van der Waals surface area contributed by atoms with Gasteiger partial charge in [-0.05, 0) is 12.5 Å². The van der Waals surface area contributed by atoms with Gasteiger partial charge in [0.25, 0.3) is 0 Å². The van der Waals surface area contributed by atoms with Crippen LogP contribution in [0.4, 0.5) is 5.69 Å². The summed E-state index contributed by atoms with van der Waals surface area (Å²) in [7, 11) is 0. The van der Waals surface area contributed by atoms with Gasteiger partial charge < -0.3 is 10.5 Å². The third kappa shape index (κ3) is 3.79. The average molecular weight is 193 g/mol. The first kappa shape index (κ1) is 11.1. The number of benzene rings is 1. The van der Waals surface area contributed by atoms with Crippen molar-refractivity contribution in [1.82, 2.24) is 0 Å². The number of hydrogen-bond acceptors (Lipinski definition) is 2. The van der Waals surface area contributed by atoms with Crippen LogP contribution in [0, 0.1) is 0 Å². The molecule has 0 aliphatic rings. The molecule has 0 spiro atoms. The van der Waals surface area contributed by atoms with E-state index in [1.54, 1.807) is 0 Å². The number of unbranched alkanes of at least 4 members (excludes halogenated alkanes) is 2. The normalized spacial score (nSPS) is 10.4. The molecular weight excluding hydrogens is 174 g/mol. The average Bonchev–Trinajstić information content (AvgIpc) is 2.20. The molecule has 0 bridgehead atoms. The van der Waals surface area contributed by atoms with Gasteiger partial charge in [0, 0.05) is 17.9 Å². The molecule has 0 saturated heterocycles. The molecule has 78 valence electrons. The topological polar surface area (TPSA) is 35.2 Å². The fraction of sp³-hybridized carbons (Fsp3) is 0.500. The van der Waals surface area contributed by atoms with Gasteiger partial charge in [0.1, 0.15) is 0 Å². The maximum absolute atomic E-state index is 5.78. The van der Waals surface area contributed by atoms with E-state index in [1.807, 2.05) is 24.3 Å². The van der Waals surface area contributed by atoms with Crippen LogP contribution in [-0.4, -0.2) is 6.61 Å². The van der Waals surface area contributed by atoms with Gasteiger partial charge in [0.2, 0.25) is 0 Å². The lowest BCUT2D eigenvalue weighted by Crippen LogP contribution is -1.99. The van der Waals surface area contributed by atoms with Gasteiger partial charge in [0.15, 0.2) is 0 Å². The Bertz CT molecular complexity index is 260. The van der Waals surface area contributed by atoms with Crippen LogP contribution in [0.5, 0.6) is 0 Å². The molecule has 0 radical (unpaired) electrons. The Morgan fingerprint density at radius 2 is 2.00 bits per heavy atom. The van der Waals surface area contributed by atoms with Crippen LogP contribution < -0.4 is 5.73 Å². The quantitative estimate of drug-likeness (QED) is 0.557. The Balaban J connectivity index is 2.21. The molecule has 0 aromatic heterocycles. The summed E-state index contributed by atoms with van der Waals surface area (Å²) >= 11 is 0. The molecule has 1 aromatic rings. The molecule has 2 nitrogen and oxygen atoms in total. The first-order valence-corrected chi connectivity index (χ1v) is 5.25. The predicted molar refractivity (Wildman–Crippen MR) is 60.0 cm³/mol. The lowest BCUT2D eigenvalue weighted by Gasteiger charge is -2.06. The van der Waals surface area contributed by atoms with Crippen molar-refractivity contribution in [3.8, 4) is 0 Å². The fourth-order valence-electron chi connectivity index (χ4n) is 1.30. The fourth-order valence-corrected chi connectivity index (χ4v) is 1.30. The number of hydrogen-bond donors (Lipinski definition) is 1. The first-order valence-electron chi connectivity index (χ1n) is 5.25. The Labute approximate surface area is 86.1 Å². The van der Waals surface area contributed by atoms with Gasteiger partial charge in [-0.3, -0.25) is 0 Å². The van der Waals surface area contributed by atoms with Gasteiger partial charge in [-0.25, -0.2) is 0 Å². The van der Waals surface area contributed by atoms with Crippen molar-refractivity contribution in [3.63, 3.8) is 0 Å². The minimum atomic E-state index is 0.635. The summed E-state index contributed by atoms with van der Waals surface area (Å²) in [6.07, 6.45) is 3.62. The molecular formula is C12H19NO. The third-order valence-corrected chi connectivity index (χ3v) is 2.20. The smallest absolute Gasteiger partial charge is 0.0736 e. The lowest BCUT2D eigenvalue weighted by molar-refractivity contribution is 0.117. The molecule has 0 saturated carbocycles. The maximum Gasteiger partial charge on any atom is 0.0736 e. The van der Waals surface area contributed by atoms with E-state index in [0.29, 0.717) is 6.61 Å². The van der Waals surface area contributed by atoms with Crippen molar-refractivity contribution in [2.24, 2.45) is 0 Å². The second-order valence-electron chi connectivity index (χ2n) is 3.46. The van der Waals surface area contributed by atoms with Crippen molar-refractivity contribution in [2.75, 3.05) is 12.3 Å². The Morgan fingerprint density at radius 3 is 2.71 bits per heavy atom. The van der Waals surface area contributed by atoms with E-state index in [9.17, 15) is 0 Å². The molecule has 0 amide bonds. The van der Waals surface area contributed by atoms with Gasteiger partial charge in [-0.2, -0.15) is 0 Å². The maximum atomic E-state index is 5.78. The van der Waals surface area contributed by atoms with E-state index >= 15 is 0 Å². The summed E-state index contributed by atoms with van der Waals surface area (Å²) in [4.78, 5) is 0. The molecule has 1 aromatic carbocycles. The highest BCUT2D eigenvalue weighted by atomic mass is 16.5. The highest BCUT2D eigenvalue weighted by Crippen LogP contribution is 2.11. The van der Waals surface area contributed by atoms with Gasteiger partial charge in [-0.15, -0.1) is 0 Å². The van der Waals surface area contributed by atoms with E-state index in [1.165, 1.54) is 12.8 Å². The van der Waals surface area contributed by atoms with Gasteiger partial charge in [-0.1, -0.05) is 38.0 Å². The van der Waals surface area contributed by atoms with Gasteiger partial charge in [0.05, 0.1) is 6.61 Å². The highest BCUT2D eigenvalue weighted by Gasteiger charge is 1.96. The van der Waals surface area contributed by atoms with Gasteiger partial charge >= 0.3 is 0 Å². The van der Waals surface area contributed by atoms with E-state index in [4.69, 9.17) is 10.5 Å². The summed E-state index contributed by atoms with van der Waals surface area (Å²) < 4.78 is 5.52. The van der Waals surface area contributed by atoms with E-state index in [-0.39, 0.29) is 0 Å². The van der Waals surface area contributed by atoms with Crippen LogP contribution in [0.1, 0.15) is 31.7 Å². The zero-order chi connectivity index (χ0) is 10.2. The summed E-state index contributed by atoms with van der Waals surface area (Å²) in [5.41, 5.74) is 7.69. The molecule has 0 fully saturated rings. The number of ether oxygens (including phenoxy) is 1. The van der Waals surface area contributed by atoms with Crippen molar-refractivity contribution in [3.05, 3.63) is 29.8 Å². The second-order valence-corrected chi connectivity index (χ2v) is 3.46. The van der Waals surface area contributed by atoms with Crippen molar-refractivity contribution >= 4 is 5.69 Å². The van der Waals surface area contributed by atoms with Crippen molar-refractivity contribution < 1.29 is 4.74 Å². The number of nitrogen functional groups attached to an aromatic ring is 1. The first-order chi connectivity index (χ1) is 6.84. The molecule has 2 heteroatoms. The lowest BCUT2D eigenvalue weighted by atomic mass is 10.2. The number of rotatable bonds is 6. The van der Waals surface area contributed by atoms with Crippen LogP contribution in [0.3, 0.4) is 0 Å². The second kappa shape index (κ2) is 6.44. The van der Waals surface area contributed by atoms with E-state index < -0.39 is 0 Å². The third-order valence-electron chi connectivity index (χ3n) is 2.20. The van der Waals surface area contributed by atoms with Crippen molar-refractivity contribution in [1.29, 1.82) is 0 Å². The van der Waals surface area contributed by atoms with Crippen LogP contribution in [0.15, 0.2) is 24.3 Å². The standard InChI is InChI=1S/C12H19NO/c1-2-3-6-9-14-10-11-7-4-5-8-12(11)13/h4-5,7-8H,2-3,6,9-10,13H2,1H3. The largest absolute Gasteiger partial charge is 0.398 e. The molecule has 0 aliphatic heterocycles. The molecule has 1 rings (SSSR count). The molecule has 14 heavy (non-hydrogen) atoms. The SMILES string of the molecule is CCCCCOCc1ccccc1N. The zero-order valence-electron chi connectivity index (χ0n) is 8.83. The van der Waals surface area contributed by atoms with E-state index in [2.05, 4.69) is 6.92 Å². The predicted octanol–water partition coefficient (Wildman–Crippen LogP) is 2.98. The Morgan fingerprint density at radius 1 is 1.21 bits per heavy atom. The van der Waals surface area contributed by atoms with Crippen LogP contribution >= 0.6 is 0 Å². The summed E-state index contributed by atoms with van der Waals surface area (Å²) in [5.74, 6) is 0. The molecule has 0 heterocycles. The van der Waals surface area contributed by atoms with Crippen LogP contribution in [0.2, 0.25) is 0 Å². The van der Waals surface area contributed by atoms with Crippen LogP contribution in [-0.2, 0) is 11.3 Å². The summed E-state index contributed by atoms with van der Waals surface area (Å²) in [6, 6.07) is 7.84. The highest BCUT2D eigenvalue weighted by molar-refractivity contribution is 5.45. The van der Waals surface area contributed by atoms with E-state index in [0.717, 1.165) is 24.3 Å². The van der Waals surface area contributed by atoms with Crippen LogP contribution in [0.25, 0.3) is 0 Å².